The van der Waals surface area contributed by atoms with Gasteiger partial charge < -0.3 is 5.11 Å². The molecule has 74 valence electrons. The standard InChI is InChI=1S/C10H18N2O/c1-6-9(13)10(11-7(2)3)12-8(4)5/h9,13H,2,6H2,1,3-5H3. The van der Waals surface area contributed by atoms with Crippen LogP contribution in [0.15, 0.2) is 22.3 Å². The number of aliphatic hydroxyl groups excluding tert-OH is 1. The highest BCUT2D eigenvalue weighted by atomic mass is 16.3. The fourth-order valence-electron chi connectivity index (χ4n) is 0.781. The number of aliphatic imine (C=N–C) groups is 2. The minimum atomic E-state index is -0.591. The molecule has 0 aromatic carbocycles. The van der Waals surface area contributed by atoms with Crippen molar-refractivity contribution >= 4 is 11.5 Å². The molecule has 0 aromatic rings. The minimum absolute atomic E-state index is 0.454. The van der Waals surface area contributed by atoms with E-state index in [9.17, 15) is 5.11 Å². The molecule has 0 amide bonds. The molecule has 0 spiro atoms. The average Bonchev–Trinajstić information content (AvgIpc) is 2.00. The average molecular weight is 182 g/mol. The van der Waals surface area contributed by atoms with Crippen LogP contribution in [0.3, 0.4) is 0 Å². The van der Waals surface area contributed by atoms with Gasteiger partial charge in [0.15, 0.2) is 5.84 Å². The molecule has 1 atom stereocenters. The Bertz CT molecular complexity index is 237. The smallest absolute Gasteiger partial charge is 0.156 e. The van der Waals surface area contributed by atoms with Crippen molar-refractivity contribution in [3.63, 3.8) is 0 Å². The Labute approximate surface area is 79.9 Å². The van der Waals surface area contributed by atoms with Crippen molar-refractivity contribution in [1.29, 1.82) is 0 Å². The van der Waals surface area contributed by atoms with Crippen LogP contribution in [0.2, 0.25) is 0 Å². The quantitative estimate of drug-likeness (QED) is 0.527. The highest BCUT2D eigenvalue weighted by Crippen LogP contribution is 2.01. The van der Waals surface area contributed by atoms with Gasteiger partial charge in [0, 0.05) is 11.4 Å². The zero-order valence-corrected chi connectivity index (χ0v) is 8.83. The lowest BCUT2D eigenvalue weighted by Gasteiger charge is -2.07. The summed E-state index contributed by atoms with van der Waals surface area (Å²) in [5.74, 6) is 0.454. The molecule has 0 fully saturated rings. The van der Waals surface area contributed by atoms with Gasteiger partial charge in [-0.1, -0.05) is 13.5 Å². The number of hydrogen-bond donors (Lipinski definition) is 1. The molecule has 1 N–H and O–H groups in total. The molecule has 0 saturated carbocycles. The van der Waals surface area contributed by atoms with E-state index in [4.69, 9.17) is 0 Å². The topological polar surface area (TPSA) is 45.0 Å². The van der Waals surface area contributed by atoms with Crippen molar-refractivity contribution in [2.75, 3.05) is 0 Å². The maximum atomic E-state index is 9.54. The van der Waals surface area contributed by atoms with E-state index < -0.39 is 6.10 Å². The molecule has 3 nitrogen and oxygen atoms in total. The van der Waals surface area contributed by atoms with E-state index >= 15 is 0 Å². The Balaban J connectivity index is 4.76. The second-order valence-electron chi connectivity index (χ2n) is 3.19. The first-order valence-electron chi connectivity index (χ1n) is 4.41. The number of nitrogens with zero attached hydrogens (tertiary/aromatic N) is 2. The summed E-state index contributed by atoms with van der Waals surface area (Å²) in [6, 6.07) is 0. The summed E-state index contributed by atoms with van der Waals surface area (Å²) in [5.41, 5.74) is 1.54. The zero-order chi connectivity index (χ0) is 10.4. The number of aliphatic hydroxyl groups is 1. The maximum Gasteiger partial charge on any atom is 0.156 e. The first kappa shape index (κ1) is 12.0. The predicted octanol–water partition coefficient (Wildman–Crippen LogP) is 2.17. The molecule has 0 aliphatic heterocycles. The third-order valence-electron chi connectivity index (χ3n) is 1.33. The lowest BCUT2D eigenvalue weighted by molar-refractivity contribution is 0.236. The Morgan fingerprint density at radius 1 is 1.31 bits per heavy atom. The highest BCUT2D eigenvalue weighted by Gasteiger charge is 2.08. The van der Waals surface area contributed by atoms with Crippen LogP contribution in [0, 0.1) is 0 Å². The first-order valence-corrected chi connectivity index (χ1v) is 4.41. The lowest BCUT2D eigenvalue weighted by atomic mass is 10.2. The number of amidine groups is 1. The molecule has 0 saturated heterocycles. The van der Waals surface area contributed by atoms with E-state index in [2.05, 4.69) is 16.6 Å². The van der Waals surface area contributed by atoms with Crippen LogP contribution in [0.4, 0.5) is 0 Å². The summed E-state index contributed by atoms with van der Waals surface area (Å²) >= 11 is 0. The van der Waals surface area contributed by atoms with E-state index in [1.54, 1.807) is 6.92 Å². The third kappa shape index (κ3) is 5.31. The summed E-state index contributed by atoms with van der Waals surface area (Å²) in [5, 5.41) is 9.54. The van der Waals surface area contributed by atoms with E-state index in [1.165, 1.54) is 0 Å². The third-order valence-corrected chi connectivity index (χ3v) is 1.33. The van der Waals surface area contributed by atoms with Gasteiger partial charge in [0.2, 0.25) is 0 Å². The molecule has 1 unspecified atom stereocenters. The van der Waals surface area contributed by atoms with Crippen molar-refractivity contribution in [3.8, 4) is 0 Å². The Kier molecular flexibility index (Phi) is 5.23. The van der Waals surface area contributed by atoms with Crippen molar-refractivity contribution in [2.45, 2.75) is 40.2 Å². The van der Waals surface area contributed by atoms with Gasteiger partial charge in [0.25, 0.3) is 0 Å². The molecule has 13 heavy (non-hydrogen) atoms. The Morgan fingerprint density at radius 3 is 2.15 bits per heavy atom. The summed E-state index contributed by atoms with van der Waals surface area (Å²) in [7, 11) is 0. The normalized spacial score (nSPS) is 13.8. The van der Waals surface area contributed by atoms with Gasteiger partial charge in [0.1, 0.15) is 6.10 Å². The van der Waals surface area contributed by atoms with Crippen LogP contribution in [-0.4, -0.2) is 22.8 Å². The van der Waals surface area contributed by atoms with Gasteiger partial charge in [-0.25, -0.2) is 9.98 Å². The molecule has 0 radical (unpaired) electrons. The molecule has 3 heteroatoms. The first-order chi connectivity index (χ1) is 5.97. The fraction of sp³-hybridized carbons (Fsp3) is 0.600. The molecule has 0 heterocycles. The molecule has 0 bridgehead atoms. The van der Waals surface area contributed by atoms with E-state index in [0.29, 0.717) is 18.0 Å². The van der Waals surface area contributed by atoms with Gasteiger partial charge in [-0.15, -0.1) is 0 Å². The maximum absolute atomic E-state index is 9.54. The van der Waals surface area contributed by atoms with Crippen LogP contribution in [-0.2, 0) is 0 Å². The highest BCUT2D eigenvalue weighted by molar-refractivity contribution is 5.98. The summed E-state index contributed by atoms with van der Waals surface area (Å²) in [6.07, 6.45) is 0.0229. The van der Waals surface area contributed by atoms with Crippen LogP contribution < -0.4 is 0 Å². The Morgan fingerprint density at radius 2 is 1.85 bits per heavy atom. The second-order valence-corrected chi connectivity index (χ2v) is 3.19. The fourth-order valence-corrected chi connectivity index (χ4v) is 0.781. The number of hydrogen-bond acceptors (Lipinski definition) is 2. The van der Waals surface area contributed by atoms with Gasteiger partial charge >= 0.3 is 0 Å². The number of allylic oxidation sites excluding steroid dienone is 1. The molecule has 0 aliphatic carbocycles. The minimum Gasteiger partial charge on any atom is -0.385 e. The predicted molar refractivity (Wildman–Crippen MR) is 57.3 cm³/mol. The molecular weight excluding hydrogens is 164 g/mol. The largest absolute Gasteiger partial charge is 0.385 e. The lowest BCUT2D eigenvalue weighted by Crippen LogP contribution is -2.18. The number of rotatable bonds is 3. The van der Waals surface area contributed by atoms with Crippen molar-refractivity contribution in [2.24, 2.45) is 9.98 Å². The van der Waals surface area contributed by atoms with Crippen LogP contribution in [0.1, 0.15) is 34.1 Å². The zero-order valence-electron chi connectivity index (χ0n) is 8.83. The van der Waals surface area contributed by atoms with E-state index in [1.807, 2.05) is 20.8 Å². The summed E-state index contributed by atoms with van der Waals surface area (Å²) in [4.78, 5) is 8.22. The van der Waals surface area contributed by atoms with Gasteiger partial charge in [-0.05, 0) is 27.2 Å². The SMILES string of the molecule is C=C(C)N=C(N=C(C)C)C(O)CC. The summed E-state index contributed by atoms with van der Waals surface area (Å²) in [6.45, 7) is 11.1. The van der Waals surface area contributed by atoms with Crippen molar-refractivity contribution < 1.29 is 5.11 Å². The Hall–Kier alpha value is -0.960. The van der Waals surface area contributed by atoms with Gasteiger partial charge in [-0.3, -0.25) is 0 Å². The molecule has 0 aromatic heterocycles. The summed E-state index contributed by atoms with van der Waals surface area (Å²) < 4.78 is 0. The van der Waals surface area contributed by atoms with Gasteiger partial charge in [-0.2, -0.15) is 0 Å². The monoisotopic (exact) mass is 182 g/mol. The van der Waals surface area contributed by atoms with Crippen LogP contribution in [0.5, 0.6) is 0 Å². The molecule has 0 aliphatic rings. The molecular formula is C10H18N2O. The van der Waals surface area contributed by atoms with Gasteiger partial charge in [0.05, 0.1) is 0 Å². The van der Waals surface area contributed by atoms with Crippen molar-refractivity contribution in [3.05, 3.63) is 12.3 Å². The van der Waals surface area contributed by atoms with Crippen molar-refractivity contribution in [1.82, 2.24) is 0 Å². The van der Waals surface area contributed by atoms with E-state index in [-0.39, 0.29) is 0 Å². The van der Waals surface area contributed by atoms with E-state index in [0.717, 1.165) is 5.71 Å². The van der Waals surface area contributed by atoms with Crippen LogP contribution >= 0.6 is 0 Å². The van der Waals surface area contributed by atoms with Crippen LogP contribution in [0.25, 0.3) is 0 Å². The second kappa shape index (κ2) is 5.65. The molecule has 0 rings (SSSR count).